The van der Waals surface area contributed by atoms with Gasteiger partial charge in [-0.1, -0.05) is 43.0 Å². The van der Waals surface area contributed by atoms with Crippen molar-refractivity contribution in [2.45, 2.75) is 5.92 Å². The molecule has 2 aliphatic heterocycles. The van der Waals surface area contributed by atoms with Crippen LogP contribution in [0.1, 0.15) is 37.8 Å². The van der Waals surface area contributed by atoms with Crippen LogP contribution in [0.5, 0.6) is 0 Å². The van der Waals surface area contributed by atoms with Crippen LogP contribution in [0, 0.1) is 17.8 Å². The second-order valence-electron chi connectivity index (χ2n) is 9.80. The van der Waals surface area contributed by atoms with Crippen molar-refractivity contribution >= 4 is 45.9 Å². The molecule has 0 aromatic heterocycles. The molecule has 0 bridgehead atoms. The number of esters is 1. The van der Waals surface area contributed by atoms with Gasteiger partial charge >= 0.3 is 5.97 Å². The summed E-state index contributed by atoms with van der Waals surface area (Å²) in [7, 11) is 0. The fraction of sp³-hybridized carbons (Fsp3) is 0.207. The topological polar surface area (TPSA) is 110 Å². The average molecular weight is 492 g/mol. The Morgan fingerprint density at radius 1 is 0.892 bits per heavy atom. The third kappa shape index (κ3) is 2.75. The molecule has 3 aliphatic carbocycles. The zero-order valence-electron chi connectivity index (χ0n) is 19.5. The van der Waals surface area contributed by atoms with E-state index >= 15 is 0 Å². The molecule has 8 nitrogen and oxygen atoms in total. The number of benzene rings is 2. The summed E-state index contributed by atoms with van der Waals surface area (Å²) in [6, 6.07) is 7.30. The standard InChI is InChI=1S/C29H20N2O6/c1-2-21(32)37-12-11-31-28(35)19-9-5-15-13-3-7-17-24-18(27(34)30-26(17)33)8-4-14(22(13)24)16-6-10-20(29(31)36)25(19)23(15)16/h2-10,13,17,22,24H,1,11-12H2,(H,30,33,34). The highest BCUT2D eigenvalue weighted by atomic mass is 16.5. The summed E-state index contributed by atoms with van der Waals surface area (Å²) in [5, 5.41) is 3.94. The van der Waals surface area contributed by atoms with E-state index in [0.29, 0.717) is 22.1 Å². The van der Waals surface area contributed by atoms with Gasteiger partial charge in [-0.25, -0.2) is 4.79 Å². The third-order valence-electron chi connectivity index (χ3n) is 8.19. The monoisotopic (exact) mass is 492 g/mol. The summed E-state index contributed by atoms with van der Waals surface area (Å²) in [4.78, 5) is 64.6. The zero-order chi connectivity index (χ0) is 25.6. The molecule has 1 fully saturated rings. The maximum atomic E-state index is 13.4. The highest BCUT2D eigenvalue weighted by Gasteiger charge is 2.52. The summed E-state index contributed by atoms with van der Waals surface area (Å²) in [5.74, 6) is -3.01. The first-order valence-corrected chi connectivity index (χ1v) is 12.1. The number of ether oxygens (including phenoxy) is 1. The molecule has 2 aromatic rings. The van der Waals surface area contributed by atoms with Crippen molar-refractivity contribution in [1.82, 2.24) is 10.2 Å². The molecule has 2 aromatic carbocycles. The smallest absolute Gasteiger partial charge is 0.330 e. The van der Waals surface area contributed by atoms with E-state index in [4.69, 9.17) is 4.74 Å². The van der Waals surface area contributed by atoms with E-state index in [1.165, 1.54) is 0 Å². The molecule has 182 valence electrons. The molecule has 4 amide bonds. The number of hydrogen-bond acceptors (Lipinski definition) is 6. The number of hydrogen-bond donors (Lipinski definition) is 1. The number of nitrogens with zero attached hydrogens (tertiary/aromatic N) is 1. The van der Waals surface area contributed by atoms with Crippen LogP contribution in [0.15, 0.2) is 66.8 Å². The molecule has 1 saturated heterocycles. The van der Waals surface area contributed by atoms with Crippen molar-refractivity contribution in [3.05, 3.63) is 89.1 Å². The van der Waals surface area contributed by atoms with E-state index < -0.39 is 23.7 Å². The molecule has 1 N–H and O–H groups in total. The molecule has 0 spiro atoms. The van der Waals surface area contributed by atoms with Crippen LogP contribution >= 0.6 is 0 Å². The minimum absolute atomic E-state index is 0.0625. The van der Waals surface area contributed by atoms with Gasteiger partial charge < -0.3 is 4.74 Å². The Kier molecular flexibility index (Phi) is 4.37. The number of imide groups is 2. The van der Waals surface area contributed by atoms with Gasteiger partial charge in [0.25, 0.3) is 17.7 Å². The van der Waals surface area contributed by atoms with Crippen LogP contribution in [0.3, 0.4) is 0 Å². The fourth-order valence-electron chi connectivity index (χ4n) is 6.69. The number of amides is 4. The lowest BCUT2D eigenvalue weighted by molar-refractivity contribution is -0.138. The Morgan fingerprint density at radius 3 is 2.30 bits per heavy atom. The van der Waals surface area contributed by atoms with Crippen molar-refractivity contribution in [2.75, 3.05) is 13.2 Å². The van der Waals surface area contributed by atoms with E-state index in [1.807, 2.05) is 30.4 Å². The van der Waals surface area contributed by atoms with Crippen molar-refractivity contribution < 1.29 is 28.7 Å². The van der Waals surface area contributed by atoms with Crippen LogP contribution in [0.2, 0.25) is 0 Å². The van der Waals surface area contributed by atoms with Crippen molar-refractivity contribution in [2.24, 2.45) is 17.8 Å². The van der Waals surface area contributed by atoms with Crippen LogP contribution in [-0.4, -0.2) is 47.6 Å². The summed E-state index contributed by atoms with van der Waals surface area (Å²) in [5.41, 5.74) is 4.34. The van der Waals surface area contributed by atoms with Gasteiger partial charge in [-0.05, 0) is 34.2 Å². The number of carbonyl (C=O) groups excluding carboxylic acids is 5. The molecular weight excluding hydrogens is 472 g/mol. The first-order chi connectivity index (χ1) is 17.9. The van der Waals surface area contributed by atoms with E-state index in [1.54, 1.807) is 18.2 Å². The Balaban J connectivity index is 1.39. The second-order valence-corrected chi connectivity index (χ2v) is 9.80. The molecule has 0 radical (unpaired) electrons. The quantitative estimate of drug-likeness (QED) is 0.304. The predicted molar refractivity (Wildman–Crippen MR) is 132 cm³/mol. The van der Waals surface area contributed by atoms with Gasteiger partial charge in [0.05, 0.1) is 12.5 Å². The predicted octanol–water partition coefficient (Wildman–Crippen LogP) is 2.66. The maximum Gasteiger partial charge on any atom is 0.330 e. The number of rotatable bonds is 4. The lowest BCUT2D eigenvalue weighted by atomic mass is 9.56. The van der Waals surface area contributed by atoms with Crippen LogP contribution < -0.4 is 5.32 Å². The Morgan fingerprint density at radius 2 is 1.54 bits per heavy atom. The zero-order valence-corrected chi connectivity index (χ0v) is 19.5. The summed E-state index contributed by atoms with van der Waals surface area (Å²) < 4.78 is 4.99. The molecule has 4 atom stereocenters. The summed E-state index contributed by atoms with van der Waals surface area (Å²) in [6.45, 7) is 3.16. The number of allylic oxidation sites excluding steroid dienone is 4. The number of piperidine rings is 1. The SMILES string of the molecule is C=CC(=O)OCCN1C(=O)c2ccc3c4c(ccc(c24)C1=O)C1C=CC2C(=O)NC(=O)C4=CC=C3C1C42. The van der Waals surface area contributed by atoms with E-state index in [-0.39, 0.29) is 42.7 Å². The van der Waals surface area contributed by atoms with Crippen LogP contribution in [0.4, 0.5) is 0 Å². The molecule has 5 aliphatic rings. The van der Waals surface area contributed by atoms with Gasteiger partial charge in [0.15, 0.2) is 0 Å². The molecule has 2 heterocycles. The highest BCUT2D eigenvalue weighted by Crippen LogP contribution is 2.58. The lowest BCUT2D eigenvalue weighted by Gasteiger charge is -2.48. The van der Waals surface area contributed by atoms with Crippen molar-refractivity contribution in [1.29, 1.82) is 0 Å². The van der Waals surface area contributed by atoms with Crippen molar-refractivity contribution in [3.8, 4) is 0 Å². The fourth-order valence-corrected chi connectivity index (χ4v) is 6.69. The minimum atomic E-state index is -0.622. The van der Waals surface area contributed by atoms with E-state index in [9.17, 15) is 24.0 Å². The molecule has 4 unspecified atom stereocenters. The molecule has 37 heavy (non-hydrogen) atoms. The first-order valence-electron chi connectivity index (χ1n) is 12.1. The number of nitrogens with one attached hydrogen (secondary N) is 1. The molecular formula is C29H20N2O6. The minimum Gasteiger partial charge on any atom is -0.461 e. The van der Waals surface area contributed by atoms with E-state index in [0.717, 1.165) is 33.1 Å². The summed E-state index contributed by atoms with van der Waals surface area (Å²) in [6.07, 6.45) is 8.67. The molecule has 0 saturated carbocycles. The maximum absolute atomic E-state index is 13.4. The highest BCUT2D eigenvalue weighted by molar-refractivity contribution is 6.27. The number of carbonyl (C=O) groups is 5. The number of fused-ring (bicyclic) bond motifs is 2. The van der Waals surface area contributed by atoms with Gasteiger partial charge in [-0.3, -0.25) is 29.4 Å². The summed E-state index contributed by atoms with van der Waals surface area (Å²) >= 11 is 0. The van der Waals surface area contributed by atoms with Gasteiger partial charge in [0.2, 0.25) is 5.91 Å². The van der Waals surface area contributed by atoms with Crippen LogP contribution in [0.25, 0.3) is 16.3 Å². The lowest BCUT2D eigenvalue weighted by Crippen LogP contribution is -2.52. The molecule has 7 rings (SSSR count). The van der Waals surface area contributed by atoms with Gasteiger partial charge in [-0.15, -0.1) is 0 Å². The average Bonchev–Trinajstić information content (AvgIpc) is 2.91. The first kappa shape index (κ1) is 21.7. The van der Waals surface area contributed by atoms with E-state index in [2.05, 4.69) is 11.9 Å². The van der Waals surface area contributed by atoms with Crippen LogP contribution in [-0.2, 0) is 19.1 Å². The Bertz CT molecular complexity index is 1600. The third-order valence-corrected chi connectivity index (χ3v) is 8.19. The van der Waals surface area contributed by atoms with Gasteiger partial charge in [-0.2, -0.15) is 0 Å². The Labute approximate surface area is 210 Å². The van der Waals surface area contributed by atoms with Gasteiger partial charge in [0.1, 0.15) is 6.61 Å². The van der Waals surface area contributed by atoms with Gasteiger partial charge in [0, 0.05) is 45.9 Å². The largest absolute Gasteiger partial charge is 0.461 e. The normalized spacial score (nSPS) is 26.3. The van der Waals surface area contributed by atoms with Crippen molar-refractivity contribution in [3.63, 3.8) is 0 Å². The Hall–Kier alpha value is -4.59. The molecule has 8 heteroatoms. The second kappa shape index (κ2) is 7.46.